The van der Waals surface area contributed by atoms with Gasteiger partial charge in [-0.3, -0.25) is 9.59 Å². The van der Waals surface area contributed by atoms with Crippen molar-refractivity contribution in [2.24, 2.45) is 4.99 Å². The van der Waals surface area contributed by atoms with Crippen molar-refractivity contribution in [1.29, 1.82) is 0 Å². The van der Waals surface area contributed by atoms with E-state index in [1.807, 2.05) is 0 Å². The third kappa shape index (κ3) is 10.4. The van der Waals surface area contributed by atoms with Gasteiger partial charge in [0.25, 0.3) is 5.69 Å². The lowest BCUT2D eigenvalue weighted by atomic mass is 9.99. The number of aliphatic hydroxyl groups is 1. The van der Waals surface area contributed by atoms with Crippen LogP contribution >= 0.6 is 0 Å². The molecule has 0 radical (unpaired) electrons. The maximum Gasteiger partial charge on any atom is 0.386 e. The molecule has 2 N–H and O–H groups in total. The molecule has 0 saturated carbocycles. The van der Waals surface area contributed by atoms with Crippen molar-refractivity contribution in [3.8, 4) is 12.3 Å². The Kier molecular flexibility index (Phi) is 14.7. The Labute approximate surface area is 261 Å². The van der Waals surface area contributed by atoms with E-state index in [9.17, 15) is 19.1 Å². The van der Waals surface area contributed by atoms with Gasteiger partial charge >= 0.3 is 17.9 Å². The molecule has 0 spiro atoms. The predicted molar refractivity (Wildman–Crippen MR) is 168 cm³/mol. The van der Waals surface area contributed by atoms with Gasteiger partial charge in [-0.15, -0.1) is 10.8 Å². The molecule has 1 fully saturated rings. The number of nitrogens with one attached hydrogen (secondary N) is 1. The van der Waals surface area contributed by atoms with Crippen LogP contribution in [-0.4, -0.2) is 62.1 Å². The molecule has 0 bridgehead atoms. The Bertz CT molecular complexity index is 1210. The monoisotopic (exact) mass is 614 g/mol. The fourth-order valence-electron chi connectivity index (χ4n) is 5.33. The maximum absolute atomic E-state index is 14.5. The Morgan fingerprint density at radius 2 is 1.61 bits per heavy atom. The number of rotatable bonds is 20. The highest BCUT2D eigenvalue weighted by molar-refractivity contribution is 5.95. The highest BCUT2D eigenvalue weighted by Crippen LogP contribution is 2.38. The molecule has 10 nitrogen and oxygen atoms in total. The van der Waals surface area contributed by atoms with Crippen molar-refractivity contribution in [2.75, 3.05) is 11.9 Å². The number of unbranched alkanes of at least 4 members (excludes halogenated alkanes) is 13. The average Bonchev–Trinajstić information content (AvgIpc) is 3.58. The summed E-state index contributed by atoms with van der Waals surface area (Å²) in [4.78, 5) is 36.7. The van der Waals surface area contributed by atoms with Gasteiger partial charge in [-0.25, -0.2) is 0 Å². The number of anilines is 1. The number of carbonyl (C=O) groups is 2. The number of fused-ring (bicyclic) bond motifs is 1. The molecule has 1 aromatic rings. The molecule has 1 aromatic heterocycles. The minimum Gasteiger partial charge on any atom is -0.460 e. The van der Waals surface area contributed by atoms with Crippen molar-refractivity contribution in [1.82, 2.24) is 9.97 Å². The zero-order valence-electron chi connectivity index (χ0n) is 26.4. The number of esters is 1. The number of nitrogens with zero attached hydrogens (tertiary/aromatic N) is 4. The molecular weight excluding hydrogens is 565 g/mol. The van der Waals surface area contributed by atoms with E-state index >= 15 is 0 Å². The van der Waals surface area contributed by atoms with Crippen LogP contribution in [0.4, 0.5) is 21.7 Å². The predicted octanol–water partition coefficient (Wildman–Crippen LogP) is 6.64. The van der Waals surface area contributed by atoms with Crippen LogP contribution < -0.4 is 5.32 Å². The van der Waals surface area contributed by atoms with Crippen LogP contribution in [0.2, 0.25) is 0 Å². The zero-order valence-corrected chi connectivity index (χ0v) is 26.4. The van der Waals surface area contributed by atoms with Crippen molar-refractivity contribution in [2.45, 2.75) is 141 Å². The van der Waals surface area contributed by atoms with Gasteiger partial charge in [0.2, 0.25) is 23.7 Å². The van der Waals surface area contributed by atoms with E-state index in [2.05, 4.69) is 40.0 Å². The first kappa shape index (κ1) is 35.1. The normalized spacial score (nSPS) is 20.3. The summed E-state index contributed by atoms with van der Waals surface area (Å²) in [7, 11) is 0. The second-order valence-corrected chi connectivity index (χ2v) is 11.7. The van der Waals surface area contributed by atoms with Gasteiger partial charge in [0.05, 0.1) is 6.42 Å². The SMILES string of the molecule is C#C[C@]1(COC(=O)CCCCCC)OC(=[N+]2C=Nc3c(NC(=O)CCCCCCCCCCCCC)nc(F)nc32)C[C@@H]1O. The van der Waals surface area contributed by atoms with E-state index in [1.165, 1.54) is 62.3 Å². The molecule has 0 aromatic carbocycles. The van der Waals surface area contributed by atoms with Crippen LogP contribution in [0, 0.1) is 18.4 Å². The summed E-state index contributed by atoms with van der Waals surface area (Å²) in [6, 6.07) is 0. The van der Waals surface area contributed by atoms with E-state index in [0.717, 1.165) is 38.5 Å². The average molecular weight is 615 g/mol. The summed E-state index contributed by atoms with van der Waals surface area (Å²) in [5, 5.41) is 13.5. The van der Waals surface area contributed by atoms with Crippen molar-refractivity contribution >= 4 is 41.4 Å². The molecule has 1 amide bonds. The molecule has 3 rings (SSSR count). The number of hydrogen-bond donors (Lipinski definition) is 2. The van der Waals surface area contributed by atoms with Crippen LogP contribution in [0.3, 0.4) is 0 Å². The van der Waals surface area contributed by atoms with Crippen LogP contribution in [-0.2, 0) is 19.1 Å². The number of ether oxygens (including phenoxy) is 2. The summed E-state index contributed by atoms with van der Waals surface area (Å²) in [5.74, 6) is 1.89. The van der Waals surface area contributed by atoms with E-state index < -0.39 is 23.8 Å². The third-order valence-electron chi connectivity index (χ3n) is 8.04. The van der Waals surface area contributed by atoms with Crippen molar-refractivity contribution < 1.29 is 33.1 Å². The Morgan fingerprint density at radius 1 is 1.02 bits per heavy atom. The minimum atomic E-state index is -1.61. The lowest BCUT2D eigenvalue weighted by Gasteiger charge is -2.24. The molecule has 242 valence electrons. The fourth-order valence-corrected chi connectivity index (χ4v) is 5.33. The number of amides is 1. The van der Waals surface area contributed by atoms with E-state index in [-0.39, 0.29) is 48.6 Å². The van der Waals surface area contributed by atoms with Gasteiger partial charge in [0.1, 0.15) is 12.7 Å². The number of aliphatic hydroxyl groups excluding tert-OH is 1. The first-order chi connectivity index (χ1) is 21.3. The zero-order chi connectivity index (χ0) is 31.8. The Morgan fingerprint density at radius 3 is 2.25 bits per heavy atom. The largest absolute Gasteiger partial charge is 0.460 e. The smallest absolute Gasteiger partial charge is 0.386 e. The topological polar surface area (TPSA) is 126 Å². The molecule has 0 unspecified atom stereocenters. The van der Waals surface area contributed by atoms with E-state index in [1.54, 1.807) is 0 Å². The summed E-state index contributed by atoms with van der Waals surface area (Å²) < 4.78 is 27.1. The highest BCUT2D eigenvalue weighted by atomic mass is 19.1. The van der Waals surface area contributed by atoms with Crippen molar-refractivity contribution in [3.05, 3.63) is 6.08 Å². The third-order valence-corrected chi connectivity index (χ3v) is 8.04. The lowest BCUT2D eigenvalue weighted by molar-refractivity contribution is -0.312. The molecule has 2 aliphatic heterocycles. The van der Waals surface area contributed by atoms with Crippen LogP contribution in [0.15, 0.2) is 4.99 Å². The molecule has 3 heterocycles. The van der Waals surface area contributed by atoms with E-state index in [0.29, 0.717) is 12.8 Å². The number of terminal acetylenes is 1. The molecule has 1 saturated heterocycles. The van der Waals surface area contributed by atoms with Crippen LogP contribution in [0.5, 0.6) is 0 Å². The standard InChI is InChI=1S/C33H48FN5O5/c1-4-7-9-11-12-13-14-15-16-17-18-20-26(41)36-30-29-31(38-32(34)37-30)39(24-35-29)27-22-25(40)33(6-3,44-27)23-43-28(42)21-19-10-8-5-2/h3,24-25,40H,4-5,7-23H2,1-2H3/p+1/t25-,33+/m0/s1. The second-order valence-electron chi connectivity index (χ2n) is 11.7. The summed E-state index contributed by atoms with van der Waals surface area (Å²) in [6.45, 7) is 3.98. The Balaban J connectivity index is 1.52. The van der Waals surface area contributed by atoms with Crippen LogP contribution in [0.25, 0.3) is 0 Å². The molecule has 11 heteroatoms. The first-order valence-corrected chi connectivity index (χ1v) is 16.4. The molecular formula is C33H49FN5O5+. The molecule has 44 heavy (non-hydrogen) atoms. The molecule has 0 aliphatic carbocycles. The number of aliphatic imine (C=N–C) groups is 1. The van der Waals surface area contributed by atoms with Gasteiger partial charge in [0.15, 0.2) is 5.82 Å². The van der Waals surface area contributed by atoms with Gasteiger partial charge < -0.3 is 19.9 Å². The first-order valence-electron chi connectivity index (χ1n) is 16.4. The summed E-state index contributed by atoms with van der Waals surface area (Å²) in [6.07, 6.45) is 22.0. The van der Waals surface area contributed by atoms with Gasteiger partial charge in [-0.05, 0) is 17.8 Å². The number of carbonyl (C=O) groups excluding carboxylic acids is 2. The number of halogens is 1. The lowest BCUT2D eigenvalue weighted by Crippen LogP contribution is -2.43. The fraction of sp³-hybridized carbons (Fsp3) is 0.697. The van der Waals surface area contributed by atoms with Crippen LogP contribution in [0.1, 0.15) is 129 Å². The number of aromatic nitrogens is 2. The maximum atomic E-state index is 14.5. The molecule has 2 atom stereocenters. The minimum absolute atomic E-state index is 0.0429. The molecule has 2 aliphatic rings. The van der Waals surface area contributed by atoms with Gasteiger partial charge in [-0.2, -0.15) is 9.56 Å². The quantitative estimate of drug-likeness (QED) is 0.0555. The van der Waals surface area contributed by atoms with E-state index in [4.69, 9.17) is 15.9 Å². The number of hydrogen-bond acceptors (Lipinski definition) is 8. The van der Waals surface area contributed by atoms with Gasteiger partial charge in [0, 0.05) is 12.8 Å². The summed E-state index contributed by atoms with van der Waals surface area (Å²) >= 11 is 0. The van der Waals surface area contributed by atoms with Crippen molar-refractivity contribution in [3.63, 3.8) is 0 Å². The highest BCUT2D eigenvalue weighted by Gasteiger charge is 2.50. The van der Waals surface area contributed by atoms with Gasteiger partial charge in [-0.1, -0.05) is 108 Å². The summed E-state index contributed by atoms with van der Waals surface area (Å²) in [5.41, 5.74) is -1.44. The second kappa shape index (κ2) is 18.4. The Hall–Kier alpha value is -3.39.